The topological polar surface area (TPSA) is 41.5 Å². The lowest BCUT2D eigenvalue weighted by atomic mass is 10.1. The number of phenols is 1. The molecule has 0 aromatic heterocycles. The summed E-state index contributed by atoms with van der Waals surface area (Å²) < 4.78 is 6.08. The number of halogens is 1. The molecule has 0 bridgehead atoms. The van der Waals surface area contributed by atoms with Crippen molar-refractivity contribution in [3.63, 3.8) is 0 Å². The molecule has 0 saturated heterocycles. The number of aromatic hydroxyl groups is 1. The van der Waals surface area contributed by atoms with Crippen LogP contribution >= 0.6 is 15.9 Å². The molecule has 0 aliphatic heterocycles. The second kappa shape index (κ2) is 6.77. The maximum Gasteiger partial charge on any atom is 0.129 e. The van der Waals surface area contributed by atoms with E-state index in [1.807, 2.05) is 30.3 Å². The summed E-state index contributed by atoms with van der Waals surface area (Å²) in [4.78, 5) is 0. The number of hydrogen-bond donors (Lipinski definition) is 2. The largest absolute Gasteiger partial charge is 0.507 e. The van der Waals surface area contributed by atoms with Gasteiger partial charge in [0.25, 0.3) is 0 Å². The van der Waals surface area contributed by atoms with Crippen LogP contribution in [0.15, 0.2) is 46.9 Å². The average molecular weight is 336 g/mol. The van der Waals surface area contributed by atoms with Crippen LogP contribution in [0.1, 0.15) is 24.1 Å². The van der Waals surface area contributed by atoms with Gasteiger partial charge in [-0.2, -0.15) is 0 Å². The SMILES string of the molecule is COc1ccccc1[C@H](C)NCc1ccc(O)c(Br)c1. The monoisotopic (exact) mass is 335 g/mol. The predicted octanol–water partition coefficient (Wildman–Crippen LogP) is 4.01. The highest BCUT2D eigenvalue weighted by Gasteiger charge is 2.10. The summed E-state index contributed by atoms with van der Waals surface area (Å²) in [5.41, 5.74) is 2.24. The summed E-state index contributed by atoms with van der Waals surface area (Å²) in [6.07, 6.45) is 0. The minimum absolute atomic E-state index is 0.179. The third-order valence-corrected chi connectivity index (χ3v) is 3.87. The Kier molecular flexibility index (Phi) is 5.04. The van der Waals surface area contributed by atoms with Crippen molar-refractivity contribution in [1.29, 1.82) is 0 Å². The van der Waals surface area contributed by atoms with Crippen LogP contribution in [-0.2, 0) is 6.54 Å². The Morgan fingerprint density at radius 1 is 1.25 bits per heavy atom. The van der Waals surface area contributed by atoms with E-state index in [2.05, 4.69) is 34.2 Å². The smallest absolute Gasteiger partial charge is 0.129 e. The van der Waals surface area contributed by atoms with Crippen molar-refractivity contribution in [2.75, 3.05) is 7.11 Å². The van der Waals surface area contributed by atoms with Crippen LogP contribution in [0, 0.1) is 0 Å². The molecule has 0 spiro atoms. The lowest BCUT2D eigenvalue weighted by molar-refractivity contribution is 0.401. The van der Waals surface area contributed by atoms with Crippen molar-refractivity contribution in [3.8, 4) is 11.5 Å². The molecular formula is C16H18BrNO2. The maximum absolute atomic E-state index is 9.48. The Morgan fingerprint density at radius 2 is 2.00 bits per heavy atom. The zero-order valence-corrected chi connectivity index (χ0v) is 13.1. The molecule has 2 aromatic carbocycles. The van der Waals surface area contributed by atoms with E-state index < -0.39 is 0 Å². The molecule has 0 aliphatic carbocycles. The molecular weight excluding hydrogens is 318 g/mol. The predicted molar refractivity (Wildman–Crippen MR) is 84.1 cm³/mol. The standard InChI is InChI=1S/C16H18BrNO2/c1-11(13-5-3-4-6-16(13)20-2)18-10-12-7-8-15(19)14(17)9-12/h3-9,11,18-19H,10H2,1-2H3/t11-/m0/s1. The minimum Gasteiger partial charge on any atom is -0.507 e. The van der Waals surface area contributed by atoms with Crippen molar-refractivity contribution in [2.24, 2.45) is 0 Å². The quantitative estimate of drug-likeness (QED) is 0.867. The summed E-state index contributed by atoms with van der Waals surface area (Å²) in [5, 5.41) is 12.9. The van der Waals surface area contributed by atoms with E-state index in [1.54, 1.807) is 13.2 Å². The van der Waals surface area contributed by atoms with Crippen molar-refractivity contribution in [3.05, 3.63) is 58.1 Å². The number of nitrogens with one attached hydrogen (secondary N) is 1. The van der Waals surface area contributed by atoms with Crippen LogP contribution in [-0.4, -0.2) is 12.2 Å². The highest BCUT2D eigenvalue weighted by atomic mass is 79.9. The summed E-state index contributed by atoms with van der Waals surface area (Å²) in [7, 11) is 1.68. The molecule has 20 heavy (non-hydrogen) atoms. The van der Waals surface area contributed by atoms with E-state index in [1.165, 1.54) is 0 Å². The first kappa shape index (κ1) is 14.9. The Bertz CT molecular complexity index is 586. The summed E-state index contributed by atoms with van der Waals surface area (Å²) in [6, 6.07) is 13.7. The van der Waals surface area contributed by atoms with Gasteiger partial charge in [-0.25, -0.2) is 0 Å². The molecule has 0 fully saturated rings. The van der Waals surface area contributed by atoms with Gasteiger partial charge in [0.15, 0.2) is 0 Å². The van der Waals surface area contributed by atoms with Gasteiger partial charge in [0.2, 0.25) is 0 Å². The van der Waals surface area contributed by atoms with Crippen LogP contribution in [0.4, 0.5) is 0 Å². The third-order valence-electron chi connectivity index (χ3n) is 3.23. The van der Waals surface area contributed by atoms with Gasteiger partial charge in [-0.15, -0.1) is 0 Å². The van der Waals surface area contributed by atoms with Crippen LogP contribution in [0.25, 0.3) is 0 Å². The first-order valence-electron chi connectivity index (χ1n) is 6.45. The molecule has 2 aromatic rings. The first-order chi connectivity index (χ1) is 9.61. The molecule has 2 rings (SSSR count). The Morgan fingerprint density at radius 3 is 2.70 bits per heavy atom. The summed E-state index contributed by atoms with van der Waals surface area (Å²) in [6.45, 7) is 2.82. The second-order valence-electron chi connectivity index (χ2n) is 4.63. The minimum atomic E-state index is 0.179. The fraction of sp³-hybridized carbons (Fsp3) is 0.250. The van der Waals surface area contributed by atoms with Crippen LogP contribution in [0.5, 0.6) is 11.5 Å². The molecule has 4 heteroatoms. The molecule has 0 aliphatic rings. The zero-order chi connectivity index (χ0) is 14.5. The molecule has 106 valence electrons. The van der Waals surface area contributed by atoms with E-state index >= 15 is 0 Å². The van der Waals surface area contributed by atoms with Crippen molar-refractivity contribution < 1.29 is 9.84 Å². The van der Waals surface area contributed by atoms with E-state index in [0.717, 1.165) is 23.4 Å². The number of hydrogen-bond acceptors (Lipinski definition) is 3. The molecule has 1 atom stereocenters. The number of phenolic OH excluding ortho intramolecular Hbond substituents is 1. The number of benzene rings is 2. The number of rotatable bonds is 5. The van der Waals surface area contributed by atoms with Gasteiger partial charge in [-0.1, -0.05) is 24.3 Å². The van der Waals surface area contributed by atoms with E-state index in [0.29, 0.717) is 4.47 Å². The van der Waals surface area contributed by atoms with Gasteiger partial charge in [0.05, 0.1) is 11.6 Å². The van der Waals surface area contributed by atoms with Gasteiger partial charge < -0.3 is 15.2 Å². The van der Waals surface area contributed by atoms with Gasteiger partial charge in [0.1, 0.15) is 11.5 Å². The van der Waals surface area contributed by atoms with Crippen LogP contribution in [0.2, 0.25) is 0 Å². The molecule has 0 amide bonds. The maximum atomic E-state index is 9.48. The van der Waals surface area contributed by atoms with Crippen molar-refractivity contribution in [2.45, 2.75) is 19.5 Å². The van der Waals surface area contributed by atoms with Crippen LogP contribution < -0.4 is 10.1 Å². The molecule has 0 saturated carbocycles. The lowest BCUT2D eigenvalue weighted by Crippen LogP contribution is -2.18. The van der Waals surface area contributed by atoms with Gasteiger partial charge in [-0.3, -0.25) is 0 Å². The third kappa shape index (κ3) is 3.52. The van der Waals surface area contributed by atoms with Gasteiger partial charge >= 0.3 is 0 Å². The number of ether oxygens (including phenoxy) is 1. The second-order valence-corrected chi connectivity index (χ2v) is 5.48. The Hall–Kier alpha value is -1.52. The summed E-state index contributed by atoms with van der Waals surface area (Å²) >= 11 is 3.32. The Balaban J connectivity index is 2.04. The zero-order valence-electron chi connectivity index (χ0n) is 11.6. The number of para-hydroxylation sites is 1. The lowest BCUT2D eigenvalue weighted by Gasteiger charge is -2.17. The first-order valence-corrected chi connectivity index (χ1v) is 7.25. The van der Waals surface area contributed by atoms with Crippen molar-refractivity contribution >= 4 is 15.9 Å². The molecule has 0 unspecified atom stereocenters. The summed E-state index contributed by atoms with van der Waals surface area (Å²) in [5.74, 6) is 1.14. The molecule has 2 N–H and O–H groups in total. The Labute approximate surface area is 127 Å². The highest BCUT2D eigenvalue weighted by Crippen LogP contribution is 2.26. The fourth-order valence-electron chi connectivity index (χ4n) is 2.07. The van der Waals surface area contributed by atoms with Crippen molar-refractivity contribution in [1.82, 2.24) is 5.32 Å². The van der Waals surface area contributed by atoms with E-state index in [4.69, 9.17) is 4.74 Å². The fourth-order valence-corrected chi connectivity index (χ4v) is 2.49. The highest BCUT2D eigenvalue weighted by molar-refractivity contribution is 9.10. The van der Waals surface area contributed by atoms with E-state index in [-0.39, 0.29) is 11.8 Å². The normalized spacial score (nSPS) is 12.2. The van der Waals surface area contributed by atoms with Gasteiger partial charge in [-0.05, 0) is 46.6 Å². The van der Waals surface area contributed by atoms with E-state index in [9.17, 15) is 5.11 Å². The van der Waals surface area contributed by atoms with Gasteiger partial charge in [0, 0.05) is 18.2 Å². The molecule has 3 nitrogen and oxygen atoms in total. The number of methoxy groups -OCH3 is 1. The van der Waals surface area contributed by atoms with Crippen LogP contribution in [0.3, 0.4) is 0 Å². The molecule has 0 radical (unpaired) electrons. The molecule has 0 heterocycles. The average Bonchev–Trinajstić information content (AvgIpc) is 2.48.